The number of aliphatic imine (C=N–C) groups is 3. The molecule has 1 saturated carbocycles. The molecular weight excluding hydrogens is 412 g/mol. The van der Waals surface area contributed by atoms with Crippen molar-refractivity contribution in [1.82, 2.24) is 9.97 Å². The third-order valence-corrected chi connectivity index (χ3v) is 5.23. The second-order valence-electron chi connectivity index (χ2n) is 7.52. The van der Waals surface area contributed by atoms with Gasteiger partial charge in [0.2, 0.25) is 0 Å². The van der Waals surface area contributed by atoms with Crippen molar-refractivity contribution >= 4 is 28.9 Å². The lowest BCUT2D eigenvalue weighted by Gasteiger charge is -2.11. The molecule has 0 aliphatic heterocycles. The SMILES string of the molecule is C=CC(=NC(=NC)c1cc(NC(=O)/C(C=C)=C/C(=NC)C2CC2)cnc1C)c1ccncc1. The smallest absolute Gasteiger partial charge is 0.255 e. The van der Waals surface area contributed by atoms with Crippen molar-refractivity contribution in [1.29, 1.82) is 0 Å². The second-order valence-corrected chi connectivity index (χ2v) is 7.52. The molecule has 1 aliphatic rings. The minimum atomic E-state index is -0.273. The minimum Gasteiger partial charge on any atom is -0.321 e. The topological polar surface area (TPSA) is 92.0 Å². The van der Waals surface area contributed by atoms with Crippen LogP contribution in [0.3, 0.4) is 0 Å². The van der Waals surface area contributed by atoms with Crippen molar-refractivity contribution in [3.63, 3.8) is 0 Å². The van der Waals surface area contributed by atoms with Gasteiger partial charge in [-0.15, -0.1) is 0 Å². The van der Waals surface area contributed by atoms with Crippen molar-refractivity contribution in [2.24, 2.45) is 20.9 Å². The average molecular weight is 441 g/mol. The van der Waals surface area contributed by atoms with Crippen LogP contribution < -0.4 is 5.32 Å². The fraction of sp³-hybridized carbons (Fsp3) is 0.231. The molecular formula is C26H28N6O. The van der Waals surface area contributed by atoms with E-state index in [1.54, 1.807) is 50.9 Å². The molecule has 1 amide bonds. The molecule has 0 spiro atoms. The molecule has 0 atom stereocenters. The highest BCUT2D eigenvalue weighted by molar-refractivity contribution is 6.17. The first-order valence-corrected chi connectivity index (χ1v) is 10.7. The Morgan fingerprint density at radius 3 is 2.45 bits per heavy atom. The van der Waals surface area contributed by atoms with E-state index in [0.717, 1.165) is 29.8 Å². The lowest BCUT2D eigenvalue weighted by Crippen LogP contribution is -2.16. The molecule has 2 aromatic heterocycles. The molecule has 2 aromatic rings. The van der Waals surface area contributed by atoms with Crippen LogP contribution in [0.4, 0.5) is 5.69 Å². The molecule has 0 bridgehead atoms. The molecule has 0 radical (unpaired) electrons. The van der Waals surface area contributed by atoms with Crippen molar-refractivity contribution in [2.45, 2.75) is 19.8 Å². The Labute approximate surface area is 194 Å². The summed E-state index contributed by atoms with van der Waals surface area (Å²) in [7, 11) is 3.41. The fourth-order valence-electron chi connectivity index (χ4n) is 3.25. The summed E-state index contributed by atoms with van der Waals surface area (Å²) in [6, 6.07) is 5.53. The van der Waals surface area contributed by atoms with Gasteiger partial charge in [-0.25, -0.2) is 4.99 Å². The minimum absolute atomic E-state index is 0.273. The summed E-state index contributed by atoms with van der Waals surface area (Å²) in [6.07, 6.45) is 12.2. The normalized spacial score (nSPS) is 15.2. The Morgan fingerprint density at radius 1 is 1.15 bits per heavy atom. The Bertz CT molecular complexity index is 1170. The maximum Gasteiger partial charge on any atom is 0.255 e. The predicted octanol–water partition coefficient (Wildman–Crippen LogP) is 4.37. The summed E-state index contributed by atoms with van der Waals surface area (Å²) in [5, 5.41) is 2.90. The van der Waals surface area contributed by atoms with Crippen LogP contribution in [-0.2, 0) is 4.79 Å². The Morgan fingerprint density at radius 2 is 1.88 bits per heavy atom. The van der Waals surface area contributed by atoms with E-state index in [4.69, 9.17) is 0 Å². The number of hydrogen-bond acceptors (Lipinski definition) is 5. The number of amidine groups is 1. The number of carbonyl (C=O) groups is 1. The summed E-state index contributed by atoms with van der Waals surface area (Å²) in [4.78, 5) is 34.7. The fourth-order valence-corrected chi connectivity index (χ4v) is 3.25. The largest absolute Gasteiger partial charge is 0.321 e. The summed E-state index contributed by atoms with van der Waals surface area (Å²) in [5.74, 6) is 0.646. The van der Waals surface area contributed by atoms with Crippen molar-refractivity contribution in [2.75, 3.05) is 19.4 Å². The zero-order valence-electron chi connectivity index (χ0n) is 19.2. The lowest BCUT2D eigenvalue weighted by molar-refractivity contribution is -0.112. The Balaban J connectivity index is 1.88. The van der Waals surface area contributed by atoms with E-state index in [2.05, 4.69) is 43.4 Å². The van der Waals surface area contributed by atoms with E-state index >= 15 is 0 Å². The van der Waals surface area contributed by atoms with Crippen LogP contribution in [-0.4, -0.2) is 47.2 Å². The number of nitrogens with zero attached hydrogens (tertiary/aromatic N) is 5. The van der Waals surface area contributed by atoms with E-state index in [0.29, 0.717) is 34.3 Å². The van der Waals surface area contributed by atoms with Crippen LogP contribution in [0.1, 0.15) is 29.7 Å². The van der Waals surface area contributed by atoms with Crippen molar-refractivity contribution < 1.29 is 4.79 Å². The summed E-state index contributed by atoms with van der Waals surface area (Å²) < 4.78 is 0. The molecule has 2 heterocycles. The van der Waals surface area contributed by atoms with Gasteiger partial charge in [-0.2, -0.15) is 0 Å². The van der Waals surface area contributed by atoms with Gasteiger partial charge in [-0.3, -0.25) is 24.7 Å². The van der Waals surface area contributed by atoms with Gasteiger partial charge in [0.1, 0.15) is 0 Å². The number of amides is 1. The van der Waals surface area contributed by atoms with Gasteiger partial charge >= 0.3 is 0 Å². The third-order valence-electron chi connectivity index (χ3n) is 5.23. The lowest BCUT2D eigenvalue weighted by atomic mass is 10.1. The number of carbonyl (C=O) groups excluding carboxylic acids is 1. The summed E-state index contributed by atoms with van der Waals surface area (Å²) in [6.45, 7) is 9.53. The second kappa shape index (κ2) is 11.0. The number of anilines is 1. The van der Waals surface area contributed by atoms with E-state index in [1.165, 1.54) is 0 Å². The first-order valence-electron chi connectivity index (χ1n) is 10.7. The number of pyridine rings is 2. The quantitative estimate of drug-likeness (QED) is 0.286. The summed E-state index contributed by atoms with van der Waals surface area (Å²) >= 11 is 0. The van der Waals surface area contributed by atoms with Gasteiger partial charge in [0.15, 0.2) is 5.84 Å². The molecule has 3 rings (SSSR count). The first-order chi connectivity index (χ1) is 16.0. The Kier molecular flexibility index (Phi) is 7.91. The Hall–Kier alpha value is -4.00. The van der Waals surface area contributed by atoms with Gasteiger partial charge in [0.05, 0.1) is 17.6 Å². The van der Waals surface area contributed by atoms with Crippen LogP contribution in [0.5, 0.6) is 0 Å². The van der Waals surface area contributed by atoms with Crippen molar-refractivity contribution in [3.8, 4) is 0 Å². The maximum absolute atomic E-state index is 12.9. The maximum atomic E-state index is 12.9. The molecule has 1 N–H and O–H groups in total. The van der Waals surface area contributed by atoms with Gasteiger partial charge in [-0.05, 0) is 50.1 Å². The number of hydrogen-bond donors (Lipinski definition) is 1. The van der Waals surface area contributed by atoms with E-state index in [9.17, 15) is 4.79 Å². The van der Waals surface area contributed by atoms with Crippen LogP contribution in [0.2, 0.25) is 0 Å². The molecule has 0 unspecified atom stereocenters. The molecule has 33 heavy (non-hydrogen) atoms. The van der Waals surface area contributed by atoms with Crippen LogP contribution in [0.25, 0.3) is 0 Å². The zero-order chi connectivity index (χ0) is 23.8. The standard InChI is InChI=1S/C26H28N6O/c1-6-18(14-24(27-4)19-8-9-19)26(33)31-21-15-22(17(3)30-16-21)25(28-5)32-23(7-2)20-10-12-29-13-11-20/h6-7,10-16,19H,1-2,8-9H2,3-5H3,(H,31,33)/b18-14+,27-24?,28-25?,32-23?. The molecule has 0 aromatic carbocycles. The number of aromatic nitrogens is 2. The molecule has 168 valence electrons. The number of nitrogens with one attached hydrogen (secondary N) is 1. The monoisotopic (exact) mass is 440 g/mol. The van der Waals surface area contributed by atoms with E-state index < -0.39 is 0 Å². The number of allylic oxidation sites excluding steroid dienone is 2. The van der Waals surface area contributed by atoms with Crippen LogP contribution in [0.15, 0.2) is 88.7 Å². The highest BCUT2D eigenvalue weighted by atomic mass is 16.1. The molecule has 0 saturated heterocycles. The van der Waals surface area contributed by atoms with Gasteiger partial charge in [0, 0.05) is 60.5 Å². The number of rotatable bonds is 8. The van der Waals surface area contributed by atoms with Gasteiger partial charge in [0.25, 0.3) is 5.91 Å². The molecule has 7 heteroatoms. The first kappa shape index (κ1) is 23.7. The zero-order valence-corrected chi connectivity index (χ0v) is 19.2. The van der Waals surface area contributed by atoms with Gasteiger partial charge in [-0.1, -0.05) is 19.2 Å². The average Bonchev–Trinajstić information content (AvgIpc) is 3.68. The molecule has 1 aliphatic carbocycles. The van der Waals surface area contributed by atoms with Gasteiger partial charge < -0.3 is 5.32 Å². The molecule has 1 fully saturated rings. The highest BCUT2D eigenvalue weighted by Gasteiger charge is 2.26. The van der Waals surface area contributed by atoms with Crippen LogP contribution in [0, 0.1) is 12.8 Å². The van der Waals surface area contributed by atoms with E-state index in [-0.39, 0.29) is 5.91 Å². The predicted molar refractivity (Wildman–Crippen MR) is 135 cm³/mol. The molecule has 7 nitrogen and oxygen atoms in total. The number of aryl methyl sites for hydroxylation is 1. The highest BCUT2D eigenvalue weighted by Crippen LogP contribution is 2.31. The van der Waals surface area contributed by atoms with Crippen LogP contribution >= 0.6 is 0 Å². The summed E-state index contributed by atoms with van der Waals surface area (Å²) in [5.41, 5.74) is 4.90. The van der Waals surface area contributed by atoms with E-state index in [1.807, 2.05) is 25.1 Å². The van der Waals surface area contributed by atoms with Crippen molar-refractivity contribution in [3.05, 3.63) is 90.6 Å². The third kappa shape index (κ3) is 6.04.